The summed E-state index contributed by atoms with van der Waals surface area (Å²) in [7, 11) is 1.35. The molecule has 1 amide bonds. The molecule has 19 heavy (non-hydrogen) atoms. The average molecular weight is 260 g/mol. The molecule has 0 radical (unpaired) electrons. The van der Waals surface area contributed by atoms with E-state index in [2.05, 4.69) is 4.98 Å². The minimum Gasteiger partial charge on any atom is -0.465 e. The lowest BCUT2D eigenvalue weighted by atomic mass is 10.0. The number of hydrogen-bond acceptors (Lipinski definition) is 4. The van der Waals surface area contributed by atoms with Crippen LogP contribution in [-0.4, -0.2) is 30.5 Å². The summed E-state index contributed by atoms with van der Waals surface area (Å²) in [5.74, 6) is 0.698. The van der Waals surface area contributed by atoms with Gasteiger partial charge in [0.25, 0.3) is 0 Å². The van der Waals surface area contributed by atoms with Crippen LogP contribution in [-0.2, 0) is 16.0 Å². The van der Waals surface area contributed by atoms with Gasteiger partial charge in [0.2, 0.25) is 5.91 Å². The molecule has 5 heteroatoms. The molecule has 1 aliphatic carbocycles. The molecule has 1 saturated carbocycles. The van der Waals surface area contributed by atoms with Crippen molar-refractivity contribution in [2.45, 2.75) is 25.7 Å². The number of ether oxygens (including phenoxy) is 1. The Morgan fingerprint density at radius 2 is 2.21 bits per heavy atom. The molecule has 0 unspecified atom stereocenters. The first kappa shape index (κ1) is 12.1. The zero-order valence-electron chi connectivity index (χ0n) is 10.9. The topological polar surface area (TPSA) is 59.5 Å². The Kier molecular flexibility index (Phi) is 2.97. The number of nitrogens with zero attached hydrogens (tertiary/aromatic N) is 2. The normalized spacial score (nSPS) is 17.8. The highest BCUT2D eigenvalue weighted by Crippen LogP contribution is 2.35. The number of hydrogen-bond donors (Lipinski definition) is 0. The van der Waals surface area contributed by atoms with Gasteiger partial charge in [0.05, 0.1) is 12.7 Å². The minimum atomic E-state index is -0.388. The second-order valence-corrected chi connectivity index (χ2v) is 5.07. The van der Waals surface area contributed by atoms with E-state index in [-0.39, 0.29) is 17.8 Å². The number of carbonyl (C=O) groups excluding carboxylic acids is 2. The van der Waals surface area contributed by atoms with Crippen LogP contribution in [0.3, 0.4) is 0 Å². The Bertz CT molecular complexity index is 537. The molecule has 1 fully saturated rings. The molecule has 0 saturated heterocycles. The highest BCUT2D eigenvalue weighted by atomic mass is 16.5. The molecule has 1 aliphatic heterocycles. The molecule has 5 nitrogen and oxygen atoms in total. The summed E-state index contributed by atoms with van der Waals surface area (Å²) in [6.45, 7) is 0.729. The molecule has 1 aromatic heterocycles. The lowest BCUT2D eigenvalue weighted by Crippen LogP contribution is -2.37. The van der Waals surface area contributed by atoms with Gasteiger partial charge in [-0.25, -0.2) is 9.78 Å². The van der Waals surface area contributed by atoms with Crippen molar-refractivity contribution in [1.29, 1.82) is 0 Å². The first-order valence-corrected chi connectivity index (χ1v) is 6.59. The summed E-state index contributed by atoms with van der Waals surface area (Å²) in [6, 6.07) is 1.79. The molecule has 0 aromatic carbocycles. The zero-order valence-corrected chi connectivity index (χ0v) is 10.9. The van der Waals surface area contributed by atoms with Crippen LogP contribution >= 0.6 is 0 Å². The van der Waals surface area contributed by atoms with E-state index in [9.17, 15) is 9.59 Å². The maximum atomic E-state index is 12.2. The van der Waals surface area contributed by atoms with Crippen LogP contribution in [0.4, 0.5) is 5.82 Å². The molecule has 0 atom stereocenters. The van der Waals surface area contributed by atoms with Crippen LogP contribution in [0, 0.1) is 5.92 Å². The van der Waals surface area contributed by atoms with Crippen LogP contribution < -0.4 is 4.90 Å². The van der Waals surface area contributed by atoms with Crippen molar-refractivity contribution in [3.05, 3.63) is 23.4 Å². The molecule has 0 spiro atoms. The number of fused-ring (bicyclic) bond motifs is 1. The van der Waals surface area contributed by atoms with Gasteiger partial charge in [-0.05, 0) is 37.3 Å². The van der Waals surface area contributed by atoms with Crippen molar-refractivity contribution in [3.8, 4) is 0 Å². The van der Waals surface area contributed by atoms with Gasteiger partial charge in [0.1, 0.15) is 5.82 Å². The summed E-state index contributed by atoms with van der Waals surface area (Å²) in [4.78, 5) is 29.8. The number of pyridine rings is 1. The van der Waals surface area contributed by atoms with Crippen molar-refractivity contribution in [3.63, 3.8) is 0 Å². The second-order valence-electron chi connectivity index (χ2n) is 5.07. The van der Waals surface area contributed by atoms with Crippen molar-refractivity contribution in [2.75, 3.05) is 18.6 Å². The van der Waals surface area contributed by atoms with Crippen molar-refractivity contribution < 1.29 is 14.3 Å². The van der Waals surface area contributed by atoms with Gasteiger partial charge < -0.3 is 4.74 Å². The van der Waals surface area contributed by atoms with E-state index in [1.165, 1.54) is 13.3 Å². The van der Waals surface area contributed by atoms with E-state index in [0.29, 0.717) is 5.56 Å². The van der Waals surface area contributed by atoms with Crippen molar-refractivity contribution in [2.24, 2.45) is 5.92 Å². The summed E-state index contributed by atoms with van der Waals surface area (Å²) < 4.78 is 4.69. The molecule has 1 aromatic rings. The number of methoxy groups -OCH3 is 1. The van der Waals surface area contributed by atoms with Crippen LogP contribution in [0.1, 0.15) is 35.2 Å². The molecule has 2 aliphatic rings. The molecular formula is C14H16N2O3. The van der Waals surface area contributed by atoms with E-state index < -0.39 is 0 Å². The number of esters is 1. The molecule has 0 N–H and O–H groups in total. The molecule has 100 valence electrons. The fraction of sp³-hybridized carbons (Fsp3) is 0.500. The van der Waals surface area contributed by atoms with Gasteiger partial charge in [0.15, 0.2) is 0 Å². The zero-order chi connectivity index (χ0) is 13.4. The van der Waals surface area contributed by atoms with Gasteiger partial charge in [-0.1, -0.05) is 0 Å². The first-order valence-electron chi connectivity index (χ1n) is 6.59. The summed E-state index contributed by atoms with van der Waals surface area (Å²) in [5, 5.41) is 0. The highest BCUT2D eigenvalue weighted by Gasteiger charge is 2.36. The summed E-state index contributed by atoms with van der Waals surface area (Å²) in [6.07, 6.45) is 5.23. The van der Waals surface area contributed by atoms with Crippen LogP contribution in [0.25, 0.3) is 0 Å². The Hall–Kier alpha value is -1.91. The van der Waals surface area contributed by atoms with Crippen LogP contribution in [0.15, 0.2) is 12.3 Å². The van der Waals surface area contributed by atoms with E-state index >= 15 is 0 Å². The second kappa shape index (κ2) is 4.64. The Balaban J connectivity index is 1.92. The molecule has 0 bridgehead atoms. The highest BCUT2D eigenvalue weighted by molar-refractivity contribution is 5.97. The molecule has 3 rings (SSSR count). The monoisotopic (exact) mass is 260 g/mol. The third kappa shape index (κ3) is 2.20. The van der Waals surface area contributed by atoms with Crippen molar-refractivity contribution in [1.82, 2.24) is 4.98 Å². The lowest BCUT2D eigenvalue weighted by Gasteiger charge is -2.28. The average Bonchev–Trinajstić information content (AvgIpc) is 3.29. The van der Waals surface area contributed by atoms with Crippen LogP contribution in [0.2, 0.25) is 0 Å². The maximum Gasteiger partial charge on any atom is 0.339 e. The largest absolute Gasteiger partial charge is 0.465 e. The third-order valence-electron chi connectivity index (χ3n) is 3.64. The smallest absolute Gasteiger partial charge is 0.339 e. The number of anilines is 1. The molecule has 2 heterocycles. The minimum absolute atomic E-state index is 0.180. The van der Waals surface area contributed by atoms with E-state index in [1.807, 2.05) is 0 Å². The van der Waals surface area contributed by atoms with E-state index in [1.54, 1.807) is 11.0 Å². The van der Waals surface area contributed by atoms with Gasteiger partial charge in [-0.15, -0.1) is 0 Å². The van der Waals surface area contributed by atoms with E-state index in [4.69, 9.17) is 4.74 Å². The Morgan fingerprint density at radius 3 is 2.89 bits per heavy atom. The quantitative estimate of drug-likeness (QED) is 0.757. The lowest BCUT2D eigenvalue weighted by molar-refractivity contribution is -0.119. The van der Waals surface area contributed by atoms with E-state index in [0.717, 1.165) is 43.6 Å². The SMILES string of the molecule is COC(=O)c1cnc2c(c1)CCCN2C(=O)C1CC1. The number of amides is 1. The maximum absolute atomic E-state index is 12.2. The number of aryl methyl sites for hydroxylation is 1. The predicted molar refractivity (Wildman–Crippen MR) is 69.0 cm³/mol. The fourth-order valence-electron chi connectivity index (χ4n) is 2.46. The van der Waals surface area contributed by atoms with Crippen LogP contribution in [0.5, 0.6) is 0 Å². The Morgan fingerprint density at radius 1 is 1.42 bits per heavy atom. The van der Waals surface area contributed by atoms with Gasteiger partial charge in [0, 0.05) is 18.7 Å². The van der Waals surface area contributed by atoms with Gasteiger partial charge in [-0.3, -0.25) is 9.69 Å². The first-order chi connectivity index (χ1) is 9.20. The van der Waals surface area contributed by atoms with Gasteiger partial charge in [-0.2, -0.15) is 0 Å². The van der Waals surface area contributed by atoms with Gasteiger partial charge >= 0.3 is 5.97 Å². The Labute approximate surface area is 111 Å². The number of rotatable bonds is 2. The summed E-state index contributed by atoms with van der Waals surface area (Å²) >= 11 is 0. The predicted octanol–water partition coefficient (Wildman–Crippen LogP) is 1.56. The number of aromatic nitrogens is 1. The van der Waals surface area contributed by atoms with Crippen molar-refractivity contribution >= 4 is 17.7 Å². The summed E-state index contributed by atoms with van der Waals surface area (Å²) in [5.41, 5.74) is 1.41. The fourth-order valence-corrected chi connectivity index (χ4v) is 2.46. The molecular weight excluding hydrogens is 244 g/mol. The number of carbonyl (C=O) groups is 2. The third-order valence-corrected chi connectivity index (χ3v) is 3.64. The standard InChI is InChI=1S/C14H16N2O3/c1-19-14(18)11-7-10-3-2-6-16(12(10)15-8-11)13(17)9-4-5-9/h7-9H,2-6H2,1H3.